The fourth-order valence-corrected chi connectivity index (χ4v) is 0.219. The quantitative estimate of drug-likeness (QED) is 0.483. The van der Waals surface area contributed by atoms with E-state index in [0.29, 0.717) is 0 Å². The van der Waals surface area contributed by atoms with E-state index in [-0.39, 0.29) is 0 Å². The summed E-state index contributed by atoms with van der Waals surface area (Å²) in [6.07, 6.45) is 3.48. The zero-order valence-electron chi connectivity index (χ0n) is 5.26. The van der Waals surface area contributed by atoms with Gasteiger partial charge in [-0.25, -0.2) is 4.99 Å². The lowest BCUT2D eigenvalue weighted by molar-refractivity contribution is 1.14. The van der Waals surface area contributed by atoms with Crippen molar-refractivity contribution in [2.24, 2.45) is 9.98 Å². The van der Waals surface area contributed by atoms with Gasteiger partial charge in [-0.05, 0) is 13.8 Å². The molecule has 0 fully saturated rings. The molecule has 0 aromatic rings. The van der Waals surface area contributed by atoms with E-state index in [2.05, 4.69) is 16.0 Å². The van der Waals surface area contributed by atoms with Gasteiger partial charge in [0.1, 0.15) is 0 Å². The molecule has 0 atom stereocenters. The van der Waals surface area contributed by atoms with Crippen LogP contribution < -0.4 is 0 Å². The van der Waals surface area contributed by atoms with E-state index in [1.807, 2.05) is 19.9 Å². The molecule has 0 amide bonds. The molecular weight excluding hydrogens is 100 g/mol. The molecule has 0 rings (SSSR count). The first kappa shape index (κ1) is 7.12. The van der Waals surface area contributed by atoms with Crippen LogP contribution >= 0.6 is 0 Å². The minimum absolute atomic E-state index is 0.751. The van der Waals surface area contributed by atoms with Crippen LogP contribution in [0, 0.1) is 0 Å². The van der Waals surface area contributed by atoms with E-state index < -0.39 is 0 Å². The number of allylic oxidation sites excluding steroid dienone is 1. The van der Waals surface area contributed by atoms with E-state index in [4.69, 9.17) is 0 Å². The smallest absolute Gasteiger partial charge is 0.0942 e. The van der Waals surface area contributed by atoms with Crippen molar-refractivity contribution in [3.05, 3.63) is 12.3 Å². The average Bonchev–Trinajstić information content (AvgIpc) is 1.81. The summed E-state index contributed by atoms with van der Waals surface area (Å²) in [5, 5.41) is 0. The van der Waals surface area contributed by atoms with Crippen molar-refractivity contribution >= 4 is 6.01 Å². The molecule has 8 heavy (non-hydrogen) atoms. The first-order chi connectivity index (χ1) is 3.91. The Hall–Kier alpha value is -0.880. The predicted molar refractivity (Wildman–Crippen MR) is 35.2 cm³/mol. The minimum atomic E-state index is 0.751. The number of hydrogen-bond acceptors (Lipinski definition) is 2. The van der Waals surface area contributed by atoms with Gasteiger partial charge >= 0.3 is 0 Å². The lowest BCUT2D eigenvalue weighted by Gasteiger charge is -1.66. The van der Waals surface area contributed by atoms with Crippen LogP contribution in [0.2, 0.25) is 0 Å². The molecule has 0 aromatic heterocycles. The predicted octanol–water partition coefficient (Wildman–Crippen LogP) is 1.71. The summed E-state index contributed by atoms with van der Waals surface area (Å²) in [6.45, 7) is 4.59. The maximum absolute atomic E-state index is 3.74. The van der Waals surface area contributed by atoms with Crippen molar-refractivity contribution in [2.45, 2.75) is 13.8 Å². The van der Waals surface area contributed by atoms with Crippen molar-refractivity contribution in [2.75, 3.05) is 6.54 Å². The van der Waals surface area contributed by atoms with Gasteiger partial charge < -0.3 is 0 Å². The van der Waals surface area contributed by atoms with Gasteiger partial charge in [0.15, 0.2) is 0 Å². The molecule has 0 spiro atoms. The Bertz CT molecular complexity index is 118. The zero-order chi connectivity index (χ0) is 6.24. The second kappa shape index (κ2) is 6.12. The Kier molecular flexibility index (Phi) is 5.45. The highest BCUT2D eigenvalue weighted by Crippen LogP contribution is 1.68. The monoisotopic (exact) mass is 110 g/mol. The molecule has 0 radical (unpaired) electrons. The van der Waals surface area contributed by atoms with E-state index in [1.165, 1.54) is 0 Å². The van der Waals surface area contributed by atoms with Gasteiger partial charge in [0.25, 0.3) is 0 Å². The first-order valence-corrected chi connectivity index (χ1v) is 2.64. The summed E-state index contributed by atoms with van der Waals surface area (Å²) in [5.41, 5.74) is 0. The highest BCUT2D eigenvalue weighted by Gasteiger charge is 1.55. The molecule has 2 nitrogen and oxygen atoms in total. The number of rotatable bonds is 2. The molecule has 0 N–H and O–H groups in total. The lowest BCUT2D eigenvalue weighted by Crippen LogP contribution is -1.61. The van der Waals surface area contributed by atoms with E-state index >= 15 is 0 Å². The summed E-state index contributed by atoms with van der Waals surface area (Å²) < 4.78 is 0. The van der Waals surface area contributed by atoms with Crippen molar-refractivity contribution in [3.8, 4) is 0 Å². The normalized spacial score (nSPS) is 8.75. The molecular formula is C6H10N2. The third kappa shape index (κ3) is 5.12. The maximum Gasteiger partial charge on any atom is 0.0942 e. The molecule has 0 aliphatic rings. The molecule has 0 aliphatic carbocycles. The summed E-state index contributed by atoms with van der Waals surface area (Å²) in [4.78, 5) is 7.42. The Morgan fingerprint density at radius 1 is 1.62 bits per heavy atom. The van der Waals surface area contributed by atoms with Gasteiger partial charge in [-0.15, -0.1) is 0 Å². The van der Waals surface area contributed by atoms with Gasteiger partial charge in [0, 0.05) is 12.7 Å². The summed E-state index contributed by atoms with van der Waals surface area (Å²) in [7, 11) is 0. The topological polar surface area (TPSA) is 24.7 Å². The van der Waals surface area contributed by atoms with Gasteiger partial charge in [-0.1, -0.05) is 6.08 Å². The SMILES string of the molecule is CC=CN=C=NCC. The maximum atomic E-state index is 3.74. The van der Waals surface area contributed by atoms with Crippen LogP contribution in [-0.2, 0) is 0 Å². The first-order valence-electron chi connectivity index (χ1n) is 2.64. The minimum Gasteiger partial charge on any atom is -0.226 e. The Morgan fingerprint density at radius 2 is 2.38 bits per heavy atom. The van der Waals surface area contributed by atoms with Crippen molar-refractivity contribution in [3.63, 3.8) is 0 Å². The second-order valence-electron chi connectivity index (χ2n) is 1.19. The third-order valence-electron chi connectivity index (χ3n) is 0.510. The molecule has 0 saturated carbocycles. The molecule has 0 aliphatic heterocycles. The Labute approximate surface area is 49.7 Å². The van der Waals surface area contributed by atoms with E-state index in [9.17, 15) is 0 Å². The van der Waals surface area contributed by atoms with Crippen LogP contribution in [0.15, 0.2) is 22.3 Å². The van der Waals surface area contributed by atoms with E-state index in [0.717, 1.165) is 6.54 Å². The zero-order valence-corrected chi connectivity index (χ0v) is 5.26. The van der Waals surface area contributed by atoms with Crippen LogP contribution in [0.4, 0.5) is 0 Å². The summed E-state index contributed by atoms with van der Waals surface area (Å²) in [6, 6.07) is 2.50. The van der Waals surface area contributed by atoms with Crippen LogP contribution in [0.1, 0.15) is 13.8 Å². The van der Waals surface area contributed by atoms with Gasteiger partial charge in [-0.3, -0.25) is 0 Å². The van der Waals surface area contributed by atoms with Crippen LogP contribution in [0.3, 0.4) is 0 Å². The Morgan fingerprint density at radius 3 is 2.88 bits per heavy atom. The van der Waals surface area contributed by atoms with Crippen LogP contribution in [0.5, 0.6) is 0 Å². The fraction of sp³-hybridized carbons (Fsp3) is 0.500. The molecule has 44 valence electrons. The summed E-state index contributed by atoms with van der Waals surface area (Å²) in [5.74, 6) is 0. The number of aliphatic imine (C=N–C) groups is 2. The second-order valence-corrected chi connectivity index (χ2v) is 1.19. The standard InChI is InChI=1S/C6H10N2/c1-3-5-8-6-7-4-2/h3,5H,4H2,1-2H3. The van der Waals surface area contributed by atoms with Gasteiger partial charge in [-0.2, -0.15) is 4.99 Å². The third-order valence-corrected chi connectivity index (χ3v) is 0.510. The molecule has 0 heterocycles. The Balaban J connectivity index is 3.47. The lowest BCUT2D eigenvalue weighted by atomic mass is 10.7. The molecule has 0 unspecified atom stereocenters. The molecule has 0 saturated heterocycles. The van der Waals surface area contributed by atoms with Crippen molar-refractivity contribution in [1.82, 2.24) is 0 Å². The molecule has 0 bridgehead atoms. The van der Waals surface area contributed by atoms with Crippen molar-refractivity contribution in [1.29, 1.82) is 0 Å². The van der Waals surface area contributed by atoms with E-state index in [1.54, 1.807) is 6.20 Å². The average molecular weight is 110 g/mol. The largest absolute Gasteiger partial charge is 0.226 e. The highest BCUT2D eigenvalue weighted by molar-refractivity contribution is 5.42. The van der Waals surface area contributed by atoms with Crippen LogP contribution in [0.25, 0.3) is 0 Å². The molecule has 2 heteroatoms. The number of nitrogens with zero attached hydrogens (tertiary/aromatic N) is 2. The van der Waals surface area contributed by atoms with Gasteiger partial charge in [0.2, 0.25) is 0 Å². The highest BCUT2D eigenvalue weighted by atomic mass is 14.8. The summed E-state index contributed by atoms with van der Waals surface area (Å²) >= 11 is 0. The van der Waals surface area contributed by atoms with Crippen LogP contribution in [-0.4, -0.2) is 12.6 Å². The molecule has 0 aromatic carbocycles. The fourth-order valence-electron chi connectivity index (χ4n) is 0.219. The van der Waals surface area contributed by atoms with Gasteiger partial charge in [0.05, 0.1) is 6.01 Å². The number of hydrogen-bond donors (Lipinski definition) is 0. The van der Waals surface area contributed by atoms with Crippen molar-refractivity contribution < 1.29 is 0 Å².